The highest BCUT2D eigenvalue weighted by Gasteiger charge is 2.34. The third kappa shape index (κ3) is 2.47. The van der Waals surface area contributed by atoms with Gasteiger partial charge in [0.2, 0.25) is 0 Å². The van der Waals surface area contributed by atoms with E-state index >= 15 is 0 Å². The number of nitrogens with zero attached hydrogens (tertiary/aromatic N) is 3. The van der Waals surface area contributed by atoms with Crippen molar-refractivity contribution in [3.05, 3.63) is 11.1 Å². The Bertz CT molecular complexity index is 366. The second-order valence-corrected chi connectivity index (χ2v) is 5.20. The van der Waals surface area contributed by atoms with Crippen molar-refractivity contribution in [2.75, 3.05) is 19.7 Å². The molecule has 1 N–H and O–H groups in total. The number of aromatic nitrogens is 2. The average molecular weight is 255 g/mol. The summed E-state index contributed by atoms with van der Waals surface area (Å²) in [6, 6.07) is 0. The van der Waals surface area contributed by atoms with E-state index in [0.29, 0.717) is 18.8 Å². The Labute approximate surface area is 105 Å². The summed E-state index contributed by atoms with van der Waals surface area (Å²) in [5.74, 6) is -0.0404. The molecule has 1 aromatic heterocycles. The van der Waals surface area contributed by atoms with Gasteiger partial charge in [0.1, 0.15) is 0 Å². The molecule has 17 heavy (non-hydrogen) atoms. The van der Waals surface area contributed by atoms with E-state index in [1.807, 2.05) is 0 Å². The summed E-state index contributed by atoms with van der Waals surface area (Å²) in [4.78, 5) is 13.8. The van der Waals surface area contributed by atoms with Crippen LogP contribution in [0.15, 0.2) is 5.38 Å². The summed E-state index contributed by atoms with van der Waals surface area (Å²) in [6.45, 7) is 3.71. The van der Waals surface area contributed by atoms with Crippen LogP contribution in [0.5, 0.6) is 0 Å². The Morgan fingerprint density at radius 2 is 2.29 bits per heavy atom. The zero-order chi connectivity index (χ0) is 12.3. The SMILES string of the molecule is CCC1(CO)CCN(C(=O)c2csnn2)CC1. The highest BCUT2D eigenvalue weighted by atomic mass is 32.1. The molecule has 0 bridgehead atoms. The predicted molar refractivity (Wildman–Crippen MR) is 64.9 cm³/mol. The van der Waals surface area contributed by atoms with Crippen molar-refractivity contribution in [3.63, 3.8) is 0 Å². The van der Waals surface area contributed by atoms with Gasteiger partial charge in [-0.1, -0.05) is 11.4 Å². The topological polar surface area (TPSA) is 66.3 Å². The molecule has 0 atom stereocenters. The summed E-state index contributed by atoms with van der Waals surface area (Å²) >= 11 is 1.19. The molecule has 1 aromatic rings. The second kappa shape index (κ2) is 5.10. The van der Waals surface area contributed by atoms with Crippen molar-refractivity contribution >= 4 is 17.4 Å². The maximum absolute atomic E-state index is 12.0. The molecule has 6 heteroatoms. The minimum Gasteiger partial charge on any atom is -0.396 e. The monoisotopic (exact) mass is 255 g/mol. The molecule has 0 aliphatic carbocycles. The molecule has 0 saturated carbocycles. The minimum absolute atomic E-state index is 0.0110. The summed E-state index contributed by atoms with van der Waals surface area (Å²) < 4.78 is 3.70. The second-order valence-electron chi connectivity index (χ2n) is 4.59. The molecule has 1 amide bonds. The van der Waals surface area contributed by atoms with Crippen LogP contribution < -0.4 is 0 Å². The lowest BCUT2D eigenvalue weighted by Gasteiger charge is -2.39. The number of hydrogen-bond acceptors (Lipinski definition) is 5. The third-order valence-electron chi connectivity index (χ3n) is 3.78. The molecule has 94 valence electrons. The minimum atomic E-state index is -0.0404. The molecule has 1 saturated heterocycles. The lowest BCUT2D eigenvalue weighted by molar-refractivity contribution is 0.0335. The van der Waals surface area contributed by atoms with Crippen LogP contribution in [0, 0.1) is 5.41 Å². The molecule has 2 rings (SSSR count). The molecule has 0 radical (unpaired) electrons. The molecular formula is C11H17N3O2S. The summed E-state index contributed by atoms with van der Waals surface area (Å²) in [5.41, 5.74) is 0.444. The summed E-state index contributed by atoms with van der Waals surface area (Å²) in [7, 11) is 0. The first kappa shape index (κ1) is 12.4. The zero-order valence-corrected chi connectivity index (χ0v) is 10.7. The van der Waals surface area contributed by atoms with Crippen LogP contribution in [-0.4, -0.2) is 45.2 Å². The van der Waals surface area contributed by atoms with Crippen molar-refractivity contribution in [1.29, 1.82) is 0 Å². The van der Waals surface area contributed by atoms with Gasteiger partial charge in [0.25, 0.3) is 5.91 Å². The Hall–Kier alpha value is -1.01. The molecular weight excluding hydrogens is 238 g/mol. The van der Waals surface area contributed by atoms with Crippen LogP contribution in [0.25, 0.3) is 0 Å². The normalized spacial score (nSPS) is 19.3. The molecule has 2 heterocycles. The lowest BCUT2D eigenvalue weighted by atomic mass is 9.77. The van der Waals surface area contributed by atoms with E-state index in [1.54, 1.807) is 10.3 Å². The van der Waals surface area contributed by atoms with Gasteiger partial charge < -0.3 is 10.0 Å². The van der Waals surface area contributed by atoms with Crippen LogP contribution in [0.4, 0.5) is 0 Å². The fraction of sp³-hybridized carbons (Fsp3) is 0.727. The van der Waals surface area contributed by atoms with E-state index in [2.05, 4.69) is 16.5 Å². The van der Waals surface area contributed by atoms with Gasteiger partial charge in [-0.25, -0.2) is 0 Å². The van der Waals surface area contributed by atoms with Crippen molar-refractivity contribution < 1.29 is 9.90 Å². The largest absolute Gasteiger partial charge is 0.396 e. The maximum Gasteiger partial charge on any atom is 0.275 e. The van der Waals surface area contributed by atoms with Crippen molar-refractivity contribution in [2.24, 2.45) is 5.41 Å². The first-order valence-corrected chi connectivity index (χ1v) is 6.71. The number of aliphatic hydroxyl groups is 1. The van der Waals surface area contributed by atoms with Crippen molar-refractivity contribution in [1.82, 2.24) is 14.5 Å². The zero-order valence-electron chi connectivity index (χ0n) is 9.93. The Kier molecular flexibility index (Phi) is 3.73. The van der Waals surface area contributed by atoms with Crippen LogP contribution in [0.2, 0.25) is 0 Å². The molecule has 5 nitrogen and oxygen atoms in total. The van der Waals surface area contributed by atoms with Crippen LogP contribution >= 0.6 is 11.5 Å². The van der Waals surface area contributed by atoms with Gasteiger partial charge in [-0.2, -0.15) is 0 Å². The van der Waals surface area contributed by atoms with Gasteiger partial charge in [0.05, 0.1) is 0 Å². The van der Waals surface area contributed by atoms with E-state index < -0.39 is 0 Å². The van der Waals surface area contributed by atoms with Crippen LogP contribution in [0.3, 0.4) is 0 Å². The van der Waals surface area contributed by atoms with Crippen LogP contribution in [0.1, 0.15) is 36.7 Å². The van der Waals surface area contributed by atoms with Gasteiger partial charge in [-0.05, 0) is 36.2 Å². The molecule has 0 spiro atoms. The smallest absolute Gasteiger partial charge is 0.275 e. The standard InChI is InChI=1S/C11H17N3O2S/c1-2-11(8-15)3-5-14(6-4-11)10(16)9-7-17-13-12-9/h7,15H,2-6,8H2,1H3. The first-order valence-electron chi connectivity index (χ1n) is 5.88. The van der Waals surface area contributed by atoms with E-state index in [9.17, 15) is 9.90 Å². The van der Waals surface area contributed by atoms with Gasteiger partial charge in [-0.3, -0.25) is 4.79 Å². The average Bonchev–Trinajstić information content (AvgIpc) is 2.92. The number of aliphatic hydroxyl groups excluding tert-OH is 1. The summed E-state index contributed by atoms with van der Waals surface area (Å²) in [6.07, 6.45) is 2.69. The Balaban J connectivity index is 1.97. The van der Waals surface area contributed by atoms with E-state index in [-0.39, 0.29) is 17.9 Å². The molecule has 0 aromatic carbocycles. The van der Waals surface area contributed by atoms with Crippen molar-refractivity contribution in [2.45, 2.75) is 26.2 Å². The first-order chi connectivity index (χ1) is 8.21. The van der Waals surface area contributed by atoms with E-state index in [0.717, 1.165) is 19.3 Å². The number of rotatable bonds is 3. The van der Waals surface area contributed by atoms with E-state index in [4.69, 9.17) is 0 Å². The number of hydrogen-bond donors (Lipinski definition) is 1. The number of piperidine rings is 1. The van der Waals surface area contributed by atoms with Gasteiger partial charge in [0.15, 0.2) is 5.69 Å². The fourth-order valence-corrected chi connectivity index (χ4v) is 2.66. The van der Waals surface area contributed by atoms with Gasteiger partial charge in [-0.15, -0.1) is 5.10 Å². The highest BCUT2D eigenvalue weighted by Crippen LogP contribution is 2.34. The number of carbonyl (C=O) groups excluding carboxylic acids is 1. The maximum atomic E-state index is 12.0. The number of carbonyl (C=O) groups is 1. The molecule has 1 aliphatic heterocycles. The molecule has 1 fully saturated rings. The van der Waals surface area contributed by atoms with Crippen molar-refractivity contribution in [3.8, 4) is 0 Å². The van der Waals surface area contributed by atoms with Gasteiger partial charge in [0, 0.05) is 25.1 Å². The molecule has 0 unspecified atom stereocenters. The lowest BCUT2D eigenvalue weighted by Crippen LogP contribution is -2.44. The fourth-order valence-electron chi connectivity index (χ4n) is 2.23. The summed E-state index contributed by atoms with van der Waals surface area (Å²) in [5, 5.41) is 14.9. The van der Waals surface area contributed by atoms with Crippen LogP contribution in [-0.2, 0) is 0 Å². The number of amides is 1. The third-order valence-corrected chi connectivity index (χ3v) is 4.28. The van der Waals surface area contributed by atoms with Gasteiger partial charge >= 0.3 is 0 Å². The number of likely N-dealkylation sites (tertiary alicyclic amines) is 1. The Morgan fingerprint density at radius 1 is 1.59 bits per heavy atom. The predicted octanol–water partition coefficient (Wildman–Crippen LogP) is 1.16. The van der Waals surface area contributed by atoms with E-state index in [1.165, 1.54) is 11.5 Å². The highest BCUT2D eigenvalue weighted by molar-refractivity contribution is 7.03. The quantitative estimate of drug-likeness (QED) is 0.880. The Morgan fingerprint density at radius 3 is 2.76 bits per heavy atom. The molecule has 1 aliphatic rings.